The molecule has 0 aliphatic rings. The lowest BCUT2D eigenvalue weighted by atomic mass is 10.1. The van der Waals surface area contributed by atoms with Crippen LogP contribution in [0.2, 0.25) is 0 Å². The summed E-state index contributed by atoms with van der Waals surface area (Å²) in [6.07, 6.45) is 1.55. The molecule has 0 unspecified atom stereocenters. The standard InChI is InChI=1S/C11H15N3O/c1-6(2)8-9-10(13-5-12-8)14-11(15-9)7(3)4/h5-7H,1-4H3. The van der Waals surface area contributed by atoms with Gasteiger partial charge in [0.15, 0.2) is 11.5 Å². The Morgan fingerprint density at radius 3 is 2.40 bits per heavy atom. The van der Waals surface area contributed by atoms with Gasteiger partial charge in [-0.1, -0.05) is 27.7 Å². The molecule has 2 aromatic rings. The molecule has 0 aliphatic carbocycles. The summed E-state index contributed by atoms with van der Waals surface area (Å²) in [4.78, 5) is 12.7. The molecule has 0 radical (unpaired) electrons. The van der Waals surface area contributed by atoms with Crippen molar-refractivity contribution in [2.45, 2.75) is 39.5 Å². The molecule has 80 valence electrons. The van der Waals surface area contributed by atoms with Gasteiger partial charge in [0.05, 0.1) is 5.69 Å². The van der Waals surface area contributed by atoms with Crippen molar-refractivity contribution in [1.82, 2.24) is 15.0 Å². The van der Waals surface area contributed by atoms with Gasteiger partial charge in [0.25, 0.3) is 0 Å². The van der Waals surface area contributed by atoms with E-state index in [0.29, 0.717) is 11.6 Å². The molecule has 0 N–H and O–H groups in total. The zero-order valence-electron chi connectivity index (χ0n) is 9.48. The molecule has 2 aromatic heterocycles. The van der Waals surface area contributed by atoms with Crippen LogP contribution in [0.5, 0.6) is 0 Å². The van der Waals surface area contributed by atoms with Crippen molar-refractivity contribution in [2.75, 3.05) is 0 Å². The van der Waals surface area contributed by atoms with E-state index in [4.69, 9.17) is 4.42 Å². The van der Waals surface area contributed by atoms with Gasteiger partial charge in [0.2, 0.25) is 5.65 Å². The second kappa shape index (κ2) is 3.61. The second-order valence-electron chi connectivity index (χ2n) is 4.27. The summed E-state index contributed by atoms with van der Waals surface area (Å²) in [5.74, 6) is 1.33. The van der Waals surface area contributed by atoms with Crippen LogP contribution in [0.3, 0.4) is 0 Å². The molecular weight excluding hydrogens is 190 g/mol. The topological polar surface area (TPSA) is 51.8 Å². The van der Waals surface area contributed by atoms with Crippen molar-refractivity contribution in [1.29, 1.82) is 0 Å². The average Bonchev–Trinajstić information content (AvgIpc) is 2.60. The highest BCUT2D eigenvalue weighted by atomic mass is 16.3. The van der Waals surface area contributed by atoms with Crippen LogP contribution in [-0.4, -0.2) is 15.0 Å². The molecule has 2 rings (SSSR count). The number of nitrogens with zero attached hydrogens (tertiary/aromatic N) is 3. The molecule has 4 nitrogen and oxygen atoms in total. The quantitative estimate of drug-likeness (QED) is 0.756. The molecule has 2 heterocycles. The number of oxazole rings is 1. The first kappa shape index (κ1) is 10.1. The third-order valence-corrected chi connectivity index (χ3v) is 2.28. The lowest BCUT2D eigenvalue weighted by molar-refractivity contribution is 0.496. The molecule has 0 saturated heterocycles. The fourth-order valence-corrected chi connectivity index (χ4v) is 1.45. The third kappa shape index (κ3) is 1.71. The van der Waals surface area contributed by atoms with Gasteiger partial charge in [-0.05, 0) is 5.92 Å². The summed E-state index contributed by atoms with van der Waals surface area (Å²) in [6.45, 7) is 8.26. The van der Waals surface area contributed by atoms with Crippen molar-refractivity contribution in [3.63, 3.8) is 0 Å². The van der Waals surface area contributed by atoms with Gasteiger partial charge in [-0.15, -0.1) is 0 Å². The van der Waals surface area contributed by atoms with E-state index in [1.165, 1.54) is 0 Å². The van der Waals surface area contributed by atoms with E-state index < -0.39 is 0 Å². The van der Waals surface area contributed by atoms with Crippen molar-refractivity contribution in [3.05, 3.63) is 17.9 Å². The Kier molecular flexibility index (Phi) is 2.42. The van der Waals surface area contributed by atoms with Gasteiger partial charge in [0.1, 0.15) is 6.33 Å². The van der Waals surface area contributed by atoms with Crippen LogP contribution >= 0.6 is 0 Å². The zero-order valence-corrected chi connectivity index (χ0v) is 9.48. The fraction of sp³-hybridized carbons (Fsp3) is 0.545. The molecule has 0 aromatic carbocycles. The van der Waals surface area contributed by atoms with E-state index in [-0.39, 0.29) is 5.92 Å². The lowest BCUT2D eigenvalue weighted by Gasteiger charge is -2.02. The summed E-state index contributed by atoms with van der Waals surface area (Å²) >= 11 is 0. The first-order valence-electron chi connectivity index (χ1n) is 5.21. The first-order chi connectivity index (χ1) is 7.09. The van der Waals surface area contributed by atoms with Gasteiger partial charge in [-0.3, -0.25) is 0 Å². The lowest BCUT2D eigenvalue weighted by Crippen LogP contribution is -1.93. The van der Waals surface area contributed by atoms with Crippen molar-refractivity contribution in [3.8, 4) is 0 Å². The van der Waals surface area contributed by atoms with E-state index >= 15 is 0 Å². The maximum Gasteiger partial charge on any atom is 0.202 e. The van der Waals surface area contributed by atoms with Crippen LogP contribution in [-0.2, 0) is 0 Å². The van der Waals surface area contributed by atoms with Gasteiger partial charge < -0.3 is 4.42 Å². The van der Waals surface area contributed by atoms with Crippen LogP contribution in [0, 0.1) is 0 Å². The maximum absolute atomic E-state index is 5.69. The molecule has 15 heavy (non-hydrogen) atoms. The summed E-state index contributed by atoms with van der Waals surface area (Å²) < 4.78 is 5.69. The van der Waals surface area contributed by atoms with Crippen LogP contribution in [0.15, 0.2) is 10.7 Å². The van der Waals surface area contributed by atoms with E-state index in [0.717, 1.165) is 17.2 Å². The Hall–Kier alpha value is -1.45. The molecule has 0 fully saturated rings. The van der Waals surface area contributed by atoms with E-state index in [2.05, 4.69) is 28.8 Å². The molecule has 0 amide bonds. The predicted molar refractivity (Wildman–Crippen MR) is 57.8 cm³/mol. The molecular formula is C11H15N3O. The largest absolute Gasteiger partial charge is 0.437 e. The molecule has 4 heteroatoms. The maximum atomic E-state index is 5.69. The summed E-state index contributed by atoms with van der Waals surface area (Å²) in [7, 11) is 0. The van der Waals surface area contributed by atoms with Crippen molar-refractivity contribution >= 4 is 11.2 Å². The summed E-state index contributed by atoms with van der Waals surface area (Å²) in [6, 6.07) is 0. The highest BCUT2D eigenvalue weighted by Gasteiger charge is 2.15. The zero-order chi connectivity index (χ0) is 11.0. The van der Waals surface area contributed by atoms with Gasteiger partial charge in [-0.25, -0.2) is 9.97 Å². The minimum absolute atomic E-state index is 0.277. The Bertz CT molecular complexity index is 474. The van der Waals surface area contributed by atoms with E-state index in [9.17, 15) is 0 Å². The minimum atomic E-state index is 0.277. The Balaban J connectivity index is 2.64. The molecule has 0 atom stereocenters. The van der Waals surface area contributed by atoms with Gasteiger partial charge in [-0.2, -0.15) is 4.98 Å². The number of aromatic nitrogens is 3. The highest BCUT2D eigenvalue weighted by molar-refractivity contribution is 5.70. The molecule has 0 saturated carbocycles. The average molecular weight is 205 g/mol. The van der Waals surface area contributed by atoms with Gasteiger partial charge >= 0.3 is 0 Å². The van der Waals surface area contributed by atoms with Gasteiger partial charge in [0, 0.05) is 5.92 Å². The van der Waals surface area contributed by atoms with Crippen LogP contribution < -0.4 is 0 Å². The molecule has 0 aliphatic heterocycles. The van der Waals surface area contributed by atoms with Crippen LogP contribution in [0.1, 0.15) is 51.1 Å². The predicted octanol–water partition coefficient (Wildman–Crippen LogP) is 2.86. The first-order valence-corrected chi connectivity index (χ1v) is 5.21. The number of hydrogen-bond acceptors (Lipinski definition) is 4. The van der Waals surface area contributed by atoms with E-state index in [1.807, 2.05) is 13.8 Å². The highest BCUT2D eigenvalue weighted by Crippen LogP contribution is 2.25. The van der Waals surface area contributed by atoms with Crippen LogP contribution in [0.25, 0.3) is 11.2 Å². The molecule has 0 bridgehead atoms. The summed E-state index contributed by atoms with van der Waals surface area (Å²) in [5.41, 5.74) is 2.33. The SMILES string of the molecule is CC(C)c1nc2ncnc(C(C)C)c2o1. The Morgan fingerprint density at radius 1 is 1.07 bits per heavy atom. The van der Waals surface area contributed by atoms with Crippen molar-refractivity contribution < 1.29 is 4.42 Å². The number of hydrogen-bond donors (Lipinski definition) is 0. The van der Waals surface area contributed by atoms with Crippen LogP contribution in [0.4, 0.5) is 0 Å². The second-order valence-corrected chi connectivity index (χ2v) is 4.27. The normalized spacial score (nSPS) is 11.9. The monoisotopic (exact) mass is 205 g/mol. The number of rotatable bonds is 2. The van der Waals surface area contributed by atoms with E-state index in [1.54, 1.807) is 6.33 Å². The molecule has 0 spiro atoms. The van der Waals surface area contributed by atoms with Crippen molar-refractivity contribution in [2.24, 2.45) is 0 Å². The summed E-state index contributed by atoms with van der Waals surface area (Å²) in [5, 5.41) is 0. The smallest absolute Gasteiger partial charge is 0.202 e. The minimum Gasteiger partial charge on any atom is -0.437 e. The number of fused-ring (bicyclic) bond motifs is 1. The third-order valence-electron chi connectivity index (χ3n) is 2.28. The fourth-order valence-electron chi connectivity index (χ4n) is 1.45. The Labute approximate surface area is 88.8 Å². The Morgan fingerprint density at radius 2 is 1.80 bits per heavy atom.